The molecule has 0 saturated heterocycles. The van der Waals surface area contributed by atoms with E-state index in [1.165, 1.54) is 37.7 Å². The fourth-order valence-corrected chi connectivity index (χ4v) is 3.40. The van der Waals surface area contributed by atoms with E-state index in [0.717, 1.165) is 12.3 Å². The molecule has 1 aromatic carbocycles. The molecule has 1 saturated carbocycles. The average Bonchev–Trinajstić information content (AvgIpc) is 2.46. The summed E-state index contributed by atoms with van der Waals surface area (Å²) in [6.07, 6.45) is 8.06. The second-order valence-corrected chi connectivity index (χ2v) is 5.42. The Balaban J connectivity index is 2.13. The maximum Gasteiger partial charge on any atom is 0.0851 e. The molecule has 1 fully saturated rings. The fraction of sp³-hybridized carbons (Fsp3) is 0.588. The molecule has 1 aromatic rings. The molecule has 0 aromatic heterocycles. The average molecular weight is 245 g/mol. The molecule has 0 amide bonds. The number of rotatable bonds is 5. The highest BCUT2D eigenvalue weighted by atomic mass is 16.5. The summed E-state index contributed by atoms with van der Waals surface area (Å²) in [6.45, 7) is 4.18. The van der Waals surface area contributed by atoms with Gasteiger partial charge in [0, 0.05) is 7.11 Å². The summed E-state index contributed by atoms with van der Waals surface area (Å²) < 4.78 is 5.80. The van der Waals surface area contributed by atoms with Crippen molar-refractivity contribution in [2.75, 3.05) is 7.11 Å². The Morgan fingerprint density at radius 3 is 2.39 bits per heavy atom. The third-order valence-electron chi connectivity index (χ3n) is 4.36. The van der Waals surface area contributed by atoms with Gasteiger partial charge in [-0.1, -0.05) is 69.4 Å². The van der Waals surface area contributed by atoms with Crippen LogP contribution >= 0.6 is 0 Å². The summed E-state index contributed by atoms with van der Waals surface area (Å²) in [7, 11) is 1.84. The molecule has 0 N–H and O–H groups in total. The number of methoxy groups -OCH3 is 1. The molecule has 1 radical (unpaired) electrons. The molecule has 1 heteroatoms. The van der Waals surface area contributed by atoms with Crippen LogP contribution in [-0.4, -0.2) is 7.11 Å². The quantitative estimate of drug-likeness (QED) is 0.724. The molecule has 0 spiro atoms. The highest BCUT2D eigenvalue weighted by Gasteiger charge is 2.30. The Morgan fingerprint density at radius 1 is 1.17 bits per heavy atom. The largest absolute Gasteiger partial charge is 0.376 e. The fourth-order valence-electron chi connectivity index (χ4n) is 3.40. The zero-order valence-corrected chi connectivity index (χ0v) is 11.5. The van der Waals surface area contributed by atoms with Crippen LogP contribution in [0.1, 0.15) is 50.2 Å². The van der Waals surface area contributed by atoms with Crippen molar-refractivity contribution >= 4 is 0 Å². The first kappa shape index (κ1) is 13.6. The van der Waals surface area contributed by atoms with Gasteiger partial charge in [0.1, 0.15) is 0 Å². The molecule has 0 aliphatic heterocycles. The lowest BCUT2D eigenvalue weighted by Crippen LogP contribution is -2.25. The van der Waals surface area contributed by atoms with Crippen molar-refractivity contribution in [1.29, 1.82) is 0 Å². The summed E-state index contributed by atoms with van der Waals surface area (Å²) in [5, 5.41) is 0. The Labute approximate surface area is 112 Å². The molecular weight excluding hydrogens is 220 g/mol. The van der Waals surface area contributed by atoms with E-state index in [-0.39, 0.29) is 6.10 Å². The van der Waals surface area contributed by atoms with Crippen LogP contribution in [-0.2, 0) is 4.74 Å². The zero-order chi connectivity index (χ0) is 12.8. The molecule has 2 rings (SSSR count). The summed E-state index contributed by atoms with van der Waals surface area (Å²) in [5.74, 6) is 1.36. The standard InChI is InChI=1S/C17H25O/c1-3-16(14-10-6-4-7-11-14)17(18-2)15-12-8-5-9-13-15/h5,8-9,12-14,16-17H,1,3-4,6-7,10-11H2,2H3. The van der Waals surface area contributed by atoms with Gasteiger partial charge in [0.25, 0.3) is 0 Å². The van der Waals surface area contributed by atoms with Gasteiger partial charge in [-0.2, -0.15) is 0 Å². The Hall–Kier alpha value is -0.820. The van der Waals surface area contributed by atoms with Gasteiger partial charge < -0.3 is 4.74 Å². The van der Waals surface area contributed by atoms with Gasteiger partial charge >= 0.3 is 0 Å². The van der Waals surface area contributed by atoms with Crippen molar-refractivity contribution in [1.82, 2.24) is 0 Å². The van der Waals surface area contributed by atoms with Crippen LogP contribution in [0.3, 0.4) is 0 Å². The minimum absolute atomic E-state index is 0.215. The van der Waals surface area contributed by atoms with Crippen molar-refractivity contribution < 1.29 is 4.74 Å². The molecule has 1 aliphatic carbocycles. The first-order chi connectivity index (χ1) is 8.86. The number of hydrogen-bond acceptors (Lipinski definition) is 1. The van der Waals surface area contributed by atoms with Crippen molar-refractivity contribution in [3.8, 4) is 0 Å². The lowest BCUT2D eigenvalue weighted by Gasteiger charge is -2.35. The Morgan fingerprint density at radius 2 is 1.83 bits per heavy atom. The summed E-state index contributed by atoms with van der Waals surface area (Å²) >= 11 is 0. The first-order valence-corrected chi connectivity index (χ1v) is 7.23. The van der Waals surface area contributed by atoms with Crippen molar-refractivity contribution in [3.63, 3.8) is 0 Å². The minimum atomic E-state index is 0.215. The number of benzene rings is 1. The molecule has 99 valence electrons. The highest BCUT2D eigenvalue weighted by molar-refractivity contribution is 5.18. The van der Waals surface area contributed by atoms with Crippen LogP contribution in [0.4, 0.5) is 0 Å². The molecule has 18 heavy (non-hydrogen) atoms. The van der Waals surface area contributed by atoms with E-state index in [9.17, 15) is 0 Å². The first-order valence-electron chi connectivity index (χ1n) is 7.23. The normalized spacial score (nSPS) is 20.6. The predicted octanol–water partition coefficient (Wildman–Crippen LogP) is 4.79. The lowest BCUT2D eigenvalue weighted by molar-refractivity contribution is 0.0171. The topological polar surface area (TPSA) is 9.23 Å². The second kappa shape index (κ2) is 6.94. The molecule has 1 nitrogen and oxygen atoms in total. The summed E-state index contributed by atoms with van der Waals surface area (Å²) in [4.78, 5) is 0. The Bertz CT molecular complexity index is 327. The van der Waals surface area contributed by atoms with E-state index in [1.807, 2.05) is 7.11 Å². The second-order valence-electron chi connectivity index (χ2n) is 5.42. The smallest absolute Gasteiger partial charge is 0.0851 e. The minimum Gasteiger partial charge on any atom is -0.376 e. The molecular formula is C17H25O. The predicted molar refractivity (Wildman–Crippen MR) is 76.2 cm³/mol. The summed E-state index contributed by atoms with van der Waals surface area (Å²) in [5.41, 5.74) is 1.30. The van der Waals surface area contributed by atoms with Crippen molar-refractivity contribution in [2.45, 2.75) is 44.6 Å². The molecule has 1 aliphatic rings. The third-order valence-corrected chi connectivity index (χ3v) is 4.36. The third kappa shape index (κ3) is 3.14. The van der Waals surface area contributed by atoms with Gasteiger partial charge in [-0.25, -0.2) is 0 Å². The Kier molecular flexibility index (Phi) is 5.25. The van der Waals surface area contributed by atoms with Crippen LogP contribution < -0.4 is 0 Å². The van der Waals surface area contributed by atoms with E-state index in [2.05, 4.69) is 37.3 Å². The molecule has 2 unspecified atom stereocenters. The molecule has 0 bridgehead atoms. The van der Waals surface area contributed by atoms with Crippen LogP contribution in [0.25, 0.3) is 0 Å². The molecule has 0 heterocycles. The summed E-state index contributed by atoms with van der Waals surface area (Å²) in [6, 6.07) is 10.6. The van der Waals surface area contributed by atoms with E-state index >= 15 is 0 Å². The van der Waals surface area contributed by atoms with Crippen LogP contribution in [0, 0.1) is 18.8 Å². The highest BCUT2D eigenvalue weighted by Crippen LogP contribution is 2.40. The van der Waals surface area contributed by atoms with Crippen LogP contribution in [0.15, 0.2) is 30.3 Å². The SMILES string of the molecule is [CH2]CC(C1CCCCC1)C(OC)c1ccccc1. The van der Waals surface area contributed by atoms with Crippen molar-refractivity contribution in [2.24, 2.45) is 11.8 Å². The van der Waals surface area contributed by atoms with Crippen LogP contribution in [0.2, 0.25) is 0 Å². The maximum absolute atomic E-state index is 5.80. The van der Waals surface area contributed by atoms with Gasteiger partial charge in [-0.3, -0.25) is 0 Å². The van der Waals surface area contributed by atoms with Gasteiger partial charge in [-0.15, -0.1) is 0 Å². The van der Waals surface area contributed by atoms with E-state index < -0.39 is 0 Å². The van der Waals surface area contributed by atoms with Gasteiger partial charge in [-0.05, 0) is 23.8 Å². The van der Waals surface area contributed by atoms with Gasteiger partial charge in [0.15, 0.2) is 0 Å². The van der Waals surface area contributed by atoms with Gasteiger partial charge in [0.05, 0.1) is 6.10 Å². The van der Waals surface area contributed by atoms with Crippen molar-refractivity contribution in [3.05, 3.63) is 42.8 Å². The monoisotopic (exact) mass is 245 g/mol. The lowest BCUT2D eigenvalue weighted by atomic mass is 9.75. The number of hydrogen-bond donors (Lipinski definition) is 0. The van der Waals surface area contributed by atoms with Gasteiger partial charge in [0.2, 0.25) is 0 Å². The number of ether oxygens (including phenoxy) is 1. The zero-order valence-electron chi connectivity index (χ0n) is 11.5. The van der Waals surface area contributed by atoms with E-state index in [1.54, 1.807) is 0 Å². The van der Waals surface area contributed by atoms with E-state index in [0.29, 0.717) is 5.92 Å². The maximum atomic E-state index is 5.80. The molecule has 2 atom stereocenters. The van der Waals surface area contributed by atoms with Crippen LogP contribution in [0.5, 0.6) is 0 Å². The van der Waals surface area contributed by atoms with E-state index in [4.69, 9.17) is 4.74 Å².